The third-order valence-corrected chi connectivity index (χ3v) is 4.14. The van der Waals surface area contributed by atoms with Gasteiger partial charge in [0.05, 0.1) is 13.7 Å². The van der Waals surface area contributed by atoms with Gasteiger partial charge in [0.2, 0.25) is 0 Å². The molecule has 0 saturated carbocycles. The van der Waals surface area contributed by atoms with Crippen LogP contribution in [-0.2, 0) is 9.53 Å². The molecule has 1 heterocycles. The van der Waals surface area contributed by atoms with Crippen LogP contribution in [0.3, 0.4) is 0 Å². The largest absolute Gasteiger partial charge is 0.493 e. The van der Waals surface area contributed by atoms with Crippen LogP contribution in [0.1, 0.15) is 30.1 Å². The Bertz CT molecular complexity index is 605. The van der Waals surface area contributed by atoms with Crippen LogP contribution in [0.15, 0.2) is 18.2 Å². The molecule has 1 saturated heterocycles. The smallest absolute Gasteiger partial charge is 0.255 e. The molecule has 1 aromatic carbocycles. The zero-order valence-electron chi connectivity index (χ0n) is 14.8. The highest BCUT2D eigenvalue weighted by Crippen LogP contribution is 2.29. The average molecular weight is 350 g/mol. The molecule has 1 aliphatic rings. The predicted molar refractivity (Wildman–Crippen MR) is 92.8 cm³/mol. The quantitative estimate of drug-likeness (QED) is 0.766. The number of methoxy groups -OCH3 is 1. The monoisotopic (exact) mass is 350 g/mol. The Hall–Kier alpha value is -2.28. The van der Waals surface area contributed by atoms with Gasteiger partial charge in [-0.1, -0.05) is 0 Å². The highest BCUT2D eigenvalue weighted by atomic mass is 16.5. The first-order chi connectivity index (χ1) is 12.0. The summed E-state index contributed by atoms with van der Waals surface area (Å²) in [6, 6.07) is 4.93. The highest BCUT2D eigenvalue weighted by molar-refractivity contribution is 5.95. The van der Waals surface area contributed by atoms with Crippen molar-refractivity contribution in [2.45, 2.75) is 19.8 Å². The van der Waals surface area contributed by atoms with Crippen molar-refractivity contribution < 1.29 is 23.8 Å². The molecule has 7 nitrogen and oxygen atoms in total. The molecule has 0 bridgehead atoms. The Morgan fingerprint density at radius 2 is 2.12 bits per heavy atom. The lowest BCUT2D eigenvalue weighted by Gasteiger charge is -2.32. The predicted octanol–water partition coefficient (Wildman–Crippen LogP) is 1.45. The number of hydrogen-bond acceptors (Lipinski definition) is 5. The Morgan fingerprint density at radius 1 is 1.32 bits per heavy atom. The van der Waals surface area contributed by atoms with Crippen LogP contribution < -0.4 is 15.2 Å². The Labute approximate surface area is 148 Å². The molecule has 0 spiro atoms. The fourth-order valence-electron chi connectivity index (χ4n) is 2.92. The van der Waals surface area contributed by atoms with E-state index in [4.69, 9.17) is 19.9 Å². The molecule has 1 atom stereocenters. The second-order valence-electron chi connectivity index (χ2n) is 6.04. The van der Waals surface area contributed by atoms with Gasteiger partial charge < -0.3 is 24.8 Å². The number of likely N-dealkylation sites (tertiary alicyclic amines) is 1. The summed E-state index contributed by atoms with van der Waals surface area (Å²) in [4.78, 5) is 25.5. The molecule has 0 aromatic heterocycles. The van der Waals surface area contributed by atoms with E-state index in [2.05, 4.69) is 0 Å². The van der Waals surface area contributed by atoms with Crippen molar-refractivity contribution >= 4 is 11.8 Å². The minimum atomic E-state index is -0.573. The molecule has 138 valence electrons. The molecule has 25 heavy (non-hydrogen) atoms. The standard InChI is InChI=1S/C18H26N2O5/c1-3-24-11-13-5-4-8-20(10-13)18(22)14-6-7-15(16(9-14)23-2)25-12-17(19)21/h6-7,9,13H,3-5,8,10-12H2,1-2H3,(H2,19,21). The Kier molecular flexibility index (Phi) is 7.06. The Balaban J connectivity index is 2.06. The summed E-state index contributed by atoms with van der Waals surface area (Å²) in [7, 11) is 1.49. The molecular weight excluding hydrogens is 324 g/mol. The number of primary amides is 1. The van der Waals surface area contributed by atoms with Crippen LogP contribution in [0, 0.1) is 5.92 Å². The molecule has 2 rings (SSSR count). The maximum Gasteiger partial charge on any atom is 0.255 e. The Morgan fingerprint density at radius 3 is 2.80 bits per heavy atom. The number of hydrogen-bond donors (Lipinski definition) is 1. The number of nitrogens with two attached hydrogens (primary N) is 1. The molecule has 7 heteroatoms. The lowest BCUT2D eigenvalue weighted by molar-refractivity contribution is -0.119. The normalized spacial score (nSPS) is 17.2. The second-order valence-corrected chi connectivity index (χ2v) is 6.04. The SMILES string of the molecule is CCOCC1CCCN(C(=O)c2ccc(OCC(N)=O)c(OC)c2)C1. The van der Waals surface area contributed by atoms with Gasteiger partial charge in [0.15, 0.2) is 18.1 Å². The van der Waals surface area contributed by atoms with Crippen molar-refractivity contribution in [1.29, 1.82) is 0 Å². The van der Waals surface area contributed by atoms with Gasteiger partial charge in [0.25, 0.3) is 11.8 Å². The summed E-state index contributed by atoms with van der Waals surface area (Å²) in [5.74, 6) is 0.537. The van der Waals surface area contributed by atoms with Crippen molar-refractivity contribution in [3.63, 3.8) is 0 Å². The van der Waals surface area contributed by atoms with E-state index in [9.17, 15) is 9.59 Å². The number of rotatable bonds is 8. The maximum absolute atomic E-state index is 12.8. The fourth-order valence-corrected chi connectivity index (χ4v) is 2.92. The second kappa shape index (κ2) is 9.27. The van der Waals surface area contributed by atoms with E-state index in [-0.39, 0.29) is 12.5 Å². The summed E-state index contributed by atoms with van der Waals surface area (Å²) >= 11 is 0. The van der Waals surface area contributed by atoms with Crippen LogP contribution in [0.4, 0.5) is 0 Å². The van der Waals surface area contributed by atoms with Gasteiger partial charge in [-0.25, -0.2) is 0 Å². The van der Waals surface area contributed by atoms with Gasteiger partial charge in [-0.15, -0.1) is 0 Å². The first-order valence-electron chi connectivity index (χ1n) is 8.51. The minimum Gasteiger partial charge on any atom is -0.493 e. The number of amides is 2. The summed E-state index contributed by atoms with van der Waals surface area (Å²) in [6.07, 6.45) is 2.05. The molecule has 0 aliphatic carbocycles. The first-order valence-corrected chi connectivity index (χ1v) is 8.51. The molecule has 2 N–H and O–H groups in total. The highest BCUT2D eigenvalue weighted by Gasteiger charge is 2.25. The minimum absolute atomic E-state index is 0.0408. The van der Waals surface area contributed by atoms with Gasteiger partial charge in [-0.3, -0.25) is 9.59 Å². The van der Waals surface area contributed by atoms with Crippen molar-refractivity contribution in [3.8, 4) is 11.5 Å². The molecule has 1 aromatic rings. The van der Waals surface area contributed by atoms with Crippen LogP contribution in [0.2, 0.25) is 0 Å². The first kappa shape index (κ1) is 19.1. The van der Waals surface area contributed by atoms with Gasteiger partial charge >= 0.3 is 0 Å². The summed E-state index contributed by atoms with van der Waals surface area (Å²) in [6.45, 7) is 4.54. The van der Waals surface area contributed by atoms with Gasteiger partial charge in [-0.05, 0) is 43.9 Å². The third kappa shape index (κ3) is 5.35. The van der Waals surface area contributed by atoms with E-state index < -0.39 is 5.91 Å². The van der Waals surface area contributed by atoms with Crippen molar-refractivity contribution in [2.75, 3.05) is 40.0 Å². The number of carbonyl (C=O) groups is 2. The lowest BCUT2D eigenvalue weighted by atomic mass is 9.98. The maximum atomic E-state index is 12.8. The topological polar surface area (TPSA) is 91.1 Å². The summed E-state index contributed by atoms with van der Waals surface area (Å²) in [5, 5.41) is 0. The number of ether oxygens (including phenoxy) is 3. The zero-order valence-corrected chi connectivity index (χ0v) is 14.8. The number of piperidine rings is 1. The van der Waals surface area contributed by atoms with Crippen LogP contribution in [0.25, 0.3) is 0 Å². The molecule has 1 fully saturated rings. The van der Waals surface area contributed by atoms with Crippen molar-refractivity contribution in [2.24, 2.45) is 11.7 Å². The van der Waals surface area contributed by atoms with E-state index in [0.717, 1.165) is 19.4 Å². The summed E-state index contributed by atoms with van der Waals surface area (Å²) in [5.41, 5.74) is 5.61. The number of nitrogens with zero attached hydrogens (tertiary/aromatic N) is 1. The molecule has 1 unspecified atom stereocenters. The van der Waals surface area contributed by atoms with Crippen LogP contribution in [-0.4, -0.2) is 56.7 Å². The number of benzene rings is 1. The van der Waals surface area contributed by atoms with Gasteiger partial charge in [0.1, 0.15) is 0 Å². The van der Waals surface area contributed by atoms with E-state index in [1.165, 1.54) is 7.11 Å². The molecule has 0 radical (unpaired) electrons. The van der Waals surface area contributed by atoms with E-state index in [1.54, 1.807) is 18.2 Å². The van der Waals surface area contributed by atoms with Crippen molar-refractivity contribution in [1.82, 2.24) is 4.90 Å². The van der Waals surface area contributed by atoms with Crippen LogP contribution in [0.5, 0.6) is 11.5 Å². The fraction of sp³-hybridized carbons (Fsp3) is 0.556. The summed E-state index contributed by atoms with van der Waals surface area (Å²) < 4.78 is 16.0. The van der Waals surface area contributed by atoms with Crippen LogP contribution >= 0.6 is 0 Å². The molecule has 1 aliphatic heterocycles. The van der Waals surface area contributed by atoms with E-state index in [0.29, 0.717) is 42.7 Å². The average Bonchev–Trinajstić information content (AvgIpc) is 2.64. The molecule has 2 amide bonds. The van der Waals surface area contributed by atoms with E-state index in [1.807, 2.05) is 11.8 Å². The van der Waals surface area contributed by atoms with Crippen molar-refractivity contribution in [3.05, 3.63) is 23.8 Å². The van der Waals surface area contributed by atoms with Gasteiger partial charge in [-0.2, -0.15) is 0 Å². The number of carbonyl (C=O) groups excluding carboxylic acids is 2. The molecular formula is C18H26N2O5. The van der Waals surface area contributed by atoms with Gasteiger partial charge in [0, 0.05) is 25.3 Å². The third-order valence-electron chi connectivity index (χ3n) is 4.14. The van der Waals surface area contributed by atoms with E-state index >= 15 is 0 Å². The lowest BCUT2D eigenvalue weighted by Crippen LogP contribution is -2.41. The zero-order chi connectivity index (χ0) is 18.2.